The van der Waals surface area contributed by atoms with Crippen LogP contribution in [-0.4, -0.2) is 36.2 Å². The summed E-state index contributed by atoms with van der Waals surface area (Å²) in [5, 5.41) is 13.9. The van der Waals surface area contributed by atoms with Crippen LogP contribution in [0.25, 0.3) is 0 Å². The number of carbonyl (C=O) groups excluding carboxylic acids is 1. The minimum absolute atomic E-state index is 0.0175. The largest absolute Gasteiger partial charge is 0.465 e. The van der Waals surface area contributed by atoms with Crippen LogP contribution in [0.2, 0.25) is 0 Å². The molecule has 0 aliphatic heterocycles. The zero-order valence-corrected chi connectivity index (χ0v) is 16.7. The molecule has 29 heavy (non-hydrogen) atoms. The molecule has 6 heteroatoms. The van der Waals surface area contributed by atoms with Gasteiger partial charge in [-0.15, -0.1) is 0 Å². The molecule has 0 aliphatic rings. The van der Waals surface area contributed by atoms with Gasteiger partial charge < -0.3 is 21.5 Å². The Morgan fingerprint density at radius 1 is 0.897 bits per heavy atom. The van der Waals surface area contributed by atoms with E-state index < -0.39 is 6.09 Å². The Kier molecular flexibility index (Phi) is 9.72. The fourth-order valence-electron chi connectivity index (χ4n) is 3.25. The van der Waals surface area contributed by atoms with E-state index >= 15 is 0 Å². The van der Waals surface area contributed by atoms with E-state index in [0.29, 0.717) is 32.4 Å². The summed E-state index contributed by atoms with van der Waals surface area (Å²) in [6.45, 7) is 0.757. The third-order valence-electron chi connectivity index (χ3n) is 4.89. The standard InChI is InChI=1S/C23H31N3O3/c24-21(12-7-15-25-23(28)29)17-26-22(27)20(16-19-10-5-2-6-11-19)14-13-18-8-3-1-4-9-18/h1-6,8-11,20-21,25H,7,12-17,24H2,(H,26,27)(H,28,29)/t20?,21-/m0/s1. The smallest absolute Gasteiger partial charge is 0.404 e. The third kappa shape index (κ3) is 9.25. The van der Waals surface area contributed by atoms with Crippen LogP contribution in [0.5, 0.6) is 0 Å². The number of hydrogen-bond acceptors (Lipinski definition) is 3. The number of rotatable bonds is 12. The molecule has 2 rings (SSSR count). The van der Waals surface area contributed by atoms with Gasteiger partial charge in [0.2, 0.25) is 5.91 Å². The molecule has 0 heterocycles. The average Bonchev–Trinajstić information content (AvgIpc) is 2.73. The summed E-state index contributed by atoms with van der Waals surface area (Å²) in [5.74, 6) is -0.109. The van der Waals surface area contributed by atoms with Crippen molar-refractivity contribution in [1.29, 1.82) is 0 Å². The summed E-state index contributed by atoms with van der Waals surface area (Å²) in [6.07, 6.45) is 2.56. The molecule has 0 aliphatic carbocycles. The molecular weight excluding hydrogens is 366 g/mol. The van der Waals surface area contributed by atoms with E-state index in [1.165, 1.54) is 5.56 Å². The minimum atomic E-state index is -1.03. The minimum Gasteiger partial charge on any atom is -0.465 e. The van der Waals surface area contributed by atoms with Gasteiger partial charge in [0.05, 0.1) is 0 Å². The molecule has 6 nitrogen and oxygen atoms in total. The molecule has 0 bridgehead atoms. The maximum Gasteiger partial charge on any atom is 0.404 e. The van der Waals surface area contributed by atoms with E-state index in [-0.39, 0.29) is 17.9 Å². The number of carboxylic acid groups (broad SMARTS) is 1. The van der Waals surface area contributed by atoms with Crippen molar-refractivity contribution >= 4 is 12.0 Å². The van der Waals surface area contributed by atoms with E-state index in [4.69, 9.17) is 10.8 Å². The topological polar surface area (TPSA) is 104 Å². The van der Waals surface area contributed by atoms with Gasteiger partial charge in [0.15, 0.2) is 0 Å². The van der Waals surface area contributed by atoms with Gasteiger partial charge in [-0.2, -0.15) is 0 Å². The van der Waals surface area contributed by atoms with Gasteiger partial charge in [0, 0.05) is 25.0 Å². The number of aryl methyl sites for hydroxylation is 1. The quantitative estimate of drug-likeness (QED) is 0.413. The van der Waals surface area contributed by atoms with Crippen molar-refractivity contribution in [3.8, 4) is 0 Å². The van der Waals surface area contributed by atoms with Crippen molar-refractivity contribution in [2.75, 3.05) is 13.1 Å². The molecule has 5 N–H and O–H groups in total. The average molecular weight is 398 g/mol. The van der Waals surface area contributed by atoms with Crippen molar-refractivity contribution in [3.63, 3.8) is 0 Å². The molecule has 0 aromatic heterocycles. The molecule has 0 saturated carbocycles. The molecule has 0 spiro atoms. The Balaban J connectivity index is 1.85. The van der Waals surface area contributed by atoms with Crippen LogP contribution in [0.1, 0.15) is 30.4 Å². The second-order valence-electron chi connectivity index (χ2n) is 7.29. The number of nitrogens with two attached hydrogens (primary N) is 1. The third-order valence-corrected chi connectivity index (χ3v) is 4.89. The first kappa shape index (κ1) is 22.4. The van der Waals surface area contributed by atoms with Crippen molar-refractivity contribution in [2.45, 2.75) is 38.1 Å². The molecular formula is C23H31N3O3. The van der Waals surface area contributed by atoms with Crippen LogP contribution in [0.15, 0.2) is 60.7 Å². The molecule has 0 saturated heterocycles. The van der Waals surface area contributed by atoms with Gasteiger partial charge >= 0.3 is 6.09 Å². The van der Waals surface area contributed by atoms with Gasteiger partial charge in [-0.05, 0) is 43.2 Å². The molecule has 0 fully saturated rings. The van der Waals surface area contributed by atoms with Crippen molar-refractivity contribution in [1.82, 2.24) is 10.6 Å². The van der Waals surface area contributed by atoms with Crippen molar-refractivity contribution in [3.05, 3.63) is 71.8 Å². The second-order valence-corrected chi connectivity index (χ2v) is 7.29. The predicted octanol–water partition coefficient (Wildman–Crippen LogP) is 2.97. The van der Waals surface area contributed by atoms with Gasteiger partial charge in [-0.1, -0.05) is 60.7 Å². The number of benzene rings is 2. The molecule has 0 radical (unpaired) electrons. The van der Waals surface area contributed by atoms with E-state index in [1.54, 1.807) is 0 Å². The van der Waals surface area contributed by atoms with E-state index in [1.807, 2.05) is 48.5 Å². The molecule has 2 atom stereocenters. The SMILES string of the molecule is N[C@@H](CCCNC(=O)O)CNC(=O)C(CCc1ccccc1)Cc1ccccc1. The highest BCUT2D eigenvalue weighted by atomic mass is 16.4. The molecule has 156 valence electrons. The lowest BCUT2D eigenvalue weighted by Gasteiger charge is -2.19. The highest BCUT2D eigenvalue weighted by Gasteiger charge is 2.19. The maximum absolute atomic E-state index is 12.8. The summed E-state index contributed by atoms with van der Waals surface area (Å²) < 4.78 is 0. The Bertz CT molecular complexity index is 738. The summed E-state index contributed by atoms with van der Waals surface area (Å²) >= 11 is 0. The Hall–Kier alpha value is -2.86. The zero-order valence-electron chi connectivity index (χ0n) is 16.7. The molecule has 1 unspecified atom stereocenters. The van der Waals surface area contributed by atoms with Gasteiger partial charge in [-0.3, -0.25) is 4.79 Å². The van der Waals surface area contributed by atoms with E-state index in [0.717, 1.165) is 18.4 Å². The van der Waals surface area contributed by atoms with Crippen LogP contribution in [0.3, 0.4) is 0 Å². The summed E-state index contributed by atoms with van der Waals surface area (Å²) in [7, 11) is 0. The lowest BCUT2D eigenvalue weighted by molar-refractivity contribution is -0.125. The van der Waals surface area contributed by atoms with Crippen LogP contribution < -0.4 is 16.4 Å². The molecule has 2 aromatic carbocycles. The molecule has 2 aromatic rings. The summed E-state index contributed by atoms with van der Waals surface area (Å²) in [5.41, 5.74) is 8.43. The zero-order chi connectivity index (χ0) is 20.9. The first-order valence-corrected chi connectivity index (χ1v) is 10.1. The Morgan fingerprint density at radius 2 is 1.52 bits per heavy atom. The fourth-order valence-corrected chi connectivity index (χ4v) is 3.25. The second kappa shape index (κ2) is 12.6. The number of carbonyl (C=O) groups is 2. The van der Waals surface area contributed by atoms with E-state index in [2.05, 4.69) is 22.8 Å². The van der Waals surface area contributed by atoms with Gasteiger partial charge in [0.25, 0.3) is 0 Å². The molecule has 2 amide bonds. The normalized spacial score (nSPS) is 12.7. The number of hydrogen-bond donors (Lipinski definition) is 4. The highest BCUT2D eigenvalue weighted by molar-refractivity contribution is 5.79. The monoisotopic (exact) mass is 397 g/mol. The van der Waals surface area contributed by atoms with Crippen molar-refractivity contribution in [2.24, 2.45) is 11.7 Å². The number of amides is 2. The van der Waals surface area contributed by atoms with Crippen LogP contribution in [0, 0.1) is 5.92 Å². The van der Waals surface area contributed by atoms with Crippen LogP contribution in [-0.2, 0) is 17.6 Å². The lowest BCUT2D eigenvalue weighted by atomic mass is 9.92. The maximum atomic E-state index is 12.8. The highest BCUT2D eigenvalue weighted by Crippen LogP contribution is 2.16. The van der Waals surface area contributed by atoms with Crippen LogP contribution >= 0.6 is 0 Å². The fraction of sp³-hybridized carbons (Fsp3) is 0.391. The number of nitrogens with one attached hydrogen (secondary N) is 2. The van der Waals surface area contributed by atoms with Crippen LogP contribution in [0.4, 0.5) is 4.79 Å². The summed E-state index contributed by atoms with van der Waals surface area (Å²) in [4.78, 5) is 23.3. The first-order valence-electron chi connectivity index (χ1n) is 10.1. The predicted molar refractivity (Wildman–Crippen MR) is 115 cm³/mol. The van der Waals surface area contributed by atoms with Gasteiger partial charge in [-0.25, -0.2) is 4.79 Å². The lowest BCUT2D eigenvalue weighted by Crippen LogP contribution is -2.41. The Labute approximate surface area is 172 Å². The Morgan fingerprint density at radius 3 is 2.14 bits per heavy atom. The van der Waals surface area contributed by atoms with E-state index in [9.17, 15) is 9.59 Å². The van der Waals surface area contributed by atoms with Crippen molar-refractivity contribution < 1.29 is 14.7 Å². The first-order chi connectivity index (χ1) is 14.0. The van der Waals surface area contributed by atoms with Gasteiger partial charge in [0.1, 0.15) is 0 Å². The summed E-state index contributed by atoms with van der Waals surface area (Å²) in [6, 6.07) is 20.0.